The number of hydrogen-bond acceptors (Lipinski definition) is 6. The lowest BCUT2D eigenvalue weighted by Crippen LogP contribution is -2.11. The topological polar surface area (TPSA) is 98.1 Å². The van der Waals surface area contributed by atoms with Gasteiger partial charge in [-0.15, -0.1) is 10.2 Å². The van der Waals surface area contributed by atoms with Crippen molar-refractivity contribution < 1.29 is 18.7 Å². The molecule has 0 saturated heterocycles. The average Bonchev–Trinajstić information content (AvgIpc) is 3.20. The van der Waals surface area contributed by atoms with Crippen LogP contribution in [0.15, 0.2) is 28.7 Å². The Balaban J connectivity index is 1.77. The number of benzene rings is 1. The number of nitrogens with zero attached hydrogens (tertiary/aromatic N) is 2. The first-order valence-corrected chi connectivity index (χ1v) is 8.59. The molecule has 2 aromatic heterocycles. The van der Waals surface area contributed by atoms with Gasteiger partial charge in [0.25, 0.3) is 5.89 Å². The highest BCUT2D eigenvalue weighted by molar-refractivity contribution is 6.01. The second-order valence-corrected chi connectivity index (χ2v) is 6.54. The van der Waals surface area contributed by atoms with Crippen molar-refractivity contribution >= 4 is 11.8 Å². The van der Waals surface area contributed by atoms with Gasteiger partial charge >= 0.3 is 5.97 Å². The molecule has 0 amide bonds. The van der Waals surface area contributed by atoms with Crippen molar-refractivity contribution in [1.82, 2.24) is 15.2 Å². The Hall–Kier alpha value is -3.22. The Morgan fingerprint density at radius 3 is 2.37 bits per heavy atom. The molecule has 0 spiro atoms. The van der Waals surface area contributed by atoms with Crippen LogP contribution in [0, 0.1) is 20.8 Å². The monoisotopic (exact) mass is 367 g/mol. The Morgan fingerprint density at radius 2 is 1.78 bits per heavy atom. The fourth-order valence-corrected chi connectivity index (χ4v) is 2.96. The van der Waals surface area contributed by atoms with Gasteiger partial charge in [-0.2, -0.15) is 0 Å². The van der Waals surface area contributed by atoms with E-state index in [4.69, 9.17) is 9.15 Å². The van der Waals surface area contributed by atoms with E-state index in [1.807, 2.05) is 31.2 Å². The Kier molecular flexibility index (Phi) is 4.94. The number of aromatic amines is 1. The van der Waals surface area contributed by atoms with Crippen LogP contribution in [0.25, 0.3) is 11.5 Å². The average molecular weight is 367 g/mol. The first-order valence-electron chi connectivity index (χ1n) is 8.59. The van der Waals surface area contributed by atoms with Crippen LogP contribution in [-0.2, 0) is 4.74 Å². The van der Waals surface area contributed by atoms with E-state index in [2.05, 4.69) is 15.2 Å². The molecular formula is C20H21N3O4. The summed E-state index contributed by atoms with van der Waals surface area (Å²) in [5.74, 6) is -0.121. The van der Waals surface area contributed by atoms with Crippen LogP contribution in [0.1, 0.15) is 63.5 Å². The maximum Gasteiger partial charge on any atom is 0.355 e. The molecule has 0 fully saturated rings. The van der Waals surface area contributed by atoms with Crippen LogP contribution >= 0.6 is 0 Å². The maximum atomic E-state index is 12.5. The Morgan fingerprint density at radius 1 is 1.11 bits per heavy atom. The number of ketones is 1. The van der Waals surface area contributed by atoms with Crippen molar-refractivity contribution in [1.29, 1.82) is 0 Å². The fourth-order valence-electron chi connectivity index (χ4n) is 2.96. The molecule has 0 radical (unpaired) electrons. The van der Waals surface area contributed by atoms with E-state index in [9.17, 15) is 9.59 Å². The van der Waals surface area contributed by atoms with Crippen LogP contribution in [0.3, 0.4) is 0 Å². The number of aromatic nitrogens is 3. The number of rotatable bonds is 5. The molecule has 7 heteroatoms. The summed E-state index contributed by atoms with van der Waals surface area (Å²) in [4.78, 5) is 27.1. The SMILES string of the molecule is CC(=O)c1c(C)[nH]c(C(=O)O[C@H](C)c2nnc(-c3ccc(C)cc3)o2)c1C. The number of esters is 1. The molecule has 0 aliphatic carbocycles. The maximum absolute atomic E-state index is 12.5. The summed E-state index contributed by atoms with van der Waals surface area (Å²) in [5.41, 5.74) is 3.89. The third kappa shape index (κ3) is 3.67. The van der Waals surface area contributed by atoms with E-state index in [0.29, 0.717) is 22.7 Å². The van der Waals surface area contributed by atoms with Gasteiger partial charge in [0.05, 0.1) is 0 Å². The van der Waals surface area contributed by atoms with Crippen LogP contribution in [0.2, 0.25) is 0 Å². The lowest BCUT2D eigenvalue weighted by molar-refractivity contribution is 0.0272. The number of Topliss-reactive ketones (excluding diaryl/α,β-unsaturated/α-hetero) is 1. The molecule has 3 rings (SSSR count). The minimum atomic E-state index is -0.729. The third-order valence-electron chi connectivity index (χ3n) is 4.36. The van der Waals surface area contributed by atoms with Gasteiger partial charge in [-0.05, 0) is 52.3 Å². The Labute approximate surface area is 156 Å². The van der Waals surface area contributed by atoms with Gasteiger partial charge in [0.1, 0.15) is 5.69 Å². The normalized spacial score (nSPS) is 12.0. The van der Waals surface area contributed by atoms with Gasteiger partial charge in [0.15, 0.2) is 11.9 Å². The minimum absolute atomic E-state index is 0.104. The van der Waals surface area contributed by atoms with Gasteiger partial charge in [0.2, 0.25) is 5.89 Å². The molecule has 0 bridgehead atoms. The Bertz CT molecular complexity index is 999. The number of hydrogen-bond donors (Lipinski definition) is 1. The van der Waals surface area contributed by atoms with Gasteiger partial charge in [0, 0.05) is 16.8 Å². The summed E-state index contributed by atoms with van der Waals surface area (Å²) in [7, 11) is 0. The number of aryl methyl sites for hydroxylation is 2. The van der Waals surface area contributed by atoms with Crippen molar-refractivity contribution in [3.8, 4) is 11.5 Å². The summed E-state index contributed by atoms with van der Waals surface area (Å²) in [5, 5.41) is 7.99. The molecular weight excluding hydrogens is 346 g/mol. The van der Waals surface area contributed by atoms with E-state index in [0.717, 1.165) is 11.1 Å². The highest BCUT2D eigenvalue weighted by atomic mass is 16.6. The van der Waals surface area contributed by atoms with E-state index in [1.165, 1.54) is 6.92 Å². The zero-order chi connectivity index (χ0) is 19.7. The molecule has 1 N–H and O–H groups in total. The number of carbonyl (C=O) groups is 2. The van der Waals surface area contributed by atoms with Crippen LogP contribution in [0.5, 0.6) is 0 Å². The van der Waals surface area contributed by atoms with Crippen molar-refractivity contribution in [3.05, 3.63) is 58.2 Å². The molecule has 0 unspecified atom stereocenters. The molecule has 1 aromatic carbocycles. The molecule has 27 heavy (non-hydrogen) atoms. The number of nitrogens with one attached hydrogen (secondary N) is 1. The highest BCUT2D eigenvalue weighted by Gasteiger charge is 2.25. The van der Waals surface area contributed by atoms with Crippen molar-refractivity contribution in [2.75, 3.05) is 0 Å². The zero-order valence-corrected chi connectivity index (χ0v) is 15.9. The molecule has 0 aliphatic rings. The summed E-state index contributed by atoms with van der Waals surface area (Å²) in [6, 6.07) is 7.67. The zero-order valence-electron chi connectivity index (χ0n) is 15.9. The van der Waals surface area contributed by atoms with Crippen molar-refractivity contribution in [3.63, 3.8) is 0 Å². The minimum Gasteiger partial charge on any atom is -0.448 e. The van der Waals surface area contributed by atoms with Crippen molar-refractivity contribution in [2.24, 2.45) is 0 Å². The lowest BCUT2D eigenvalue weighted by Gasteiger charge is -2.09. The van der Waals surface area contributed by atoms with Gasteiger partial charge in [-0.1, -0.05) is 17.7 Å². The third-order valence-corrected chi connectivity index (χ3v) is 4.36. The molecule has 7 nitrogen and oxygen atoms in total. The summed E-state index contributed by atoms with van der Waals surface area (Å²) in [6.45, 7) is 8.57. The molecule has 140 valence electrons. The quantitative estimate of drug-likeness (QED) is 0.538. The highest BCUT2D eigenvalue weighted by Crippen LogP contribution is 2.25. The predicted molar refractivity (Wildman–Crippen MR) is 98.6 cm³/mol. The smallest absolute Gasteiger partial charge is 0.355 e. The molecule has 1 atom stereocenters. The van der Waals surface area contributed by atoms with Gasteiger partial charge in [-0.25, -0.2) is 4.79 Å². The lowest BCUT2D eigenvalue weighted by atomic mass is 10.1. The summed E-state index contributed by atoms with van der Waals surface area (Å²) < 4.78 is 11.1. The van der Waals surface area contributed by atoms with Gasteiger partial charge < -0.3 is 14.1 Å². The standard InChI is InChI=1S/C20H21N3O4/c1-10-6-8-15(9-7-10)19-23-22-18(27-19)14(5)26-20(25)17-11(2)16(13(4)24)12(3)21-17/h6-9,14,21H,1-5H3/t14-/m1/s1. The second-order valence-electron chi connectivity index (χ2n) is 6.54. The van der Waals surface area contributed by atoms with E-state index in [-0.39, 0.29) is 17.4 Å². The van der Waals surface area contributed by atoms with Crippen molar-refractivity contribution in [2.45, 2.75) is 40.7 Å². The second kappa shape index (κ2) is 7.19. The number of carbonyl (C=O) groups excluding carboxylic acids is 2. The largest absolute Gasteiger partial charge is 0.448 e. The summed E-state index contributed by atoms with van der Waals surface area (Å²) >= 11 is 0. The van der Waals surface area contributed by atoms with Crippen LogP contribution < -0.4 is 0 Å². The molecule has 0 aliphatic heterocycles. The fraction of sp³-hybridized carbons (Fsp3) is 0.300. The van der Waals surface area contributed by atoms with Crippen LogP contribution in [0.4, 0.5) is 0 Å². The van der Waals surface area contributed by atoms with E-state index >= 15 is 0 Å². The molecule has 0 saturated carbocycles. The predicted octanol–water partition coefficient (Wildman–Crippen LogP) is 4.11. The first kappa shape index (κ1) is 18.6. The molecule has 3 aromatic rings. The van der Waals surface area contributed by atoms with Gasteiger partial charge in [-0.3, -0.25) is 4.79 Å². The molecule has 2 heterocycles. The number of H-pyrrole nitrogens is 1. The van der Waals surface area contributed by atoms with E-state index < -0.39 is 12.1 Å². The van der Waals surface area contributed by atoms with Crippen LogP contribution in [-0.4, -0.2) is 26.9 Å². The number of ether oxygens (including phenoxy) is 1. The first-order chi connectivity index (χ1) is 12.8. The summed E-state index contributed by atoms with van der Waals surface area (Å²) in [6.07, 6.45) is -0.729. The van der Waals surface area contributed by atoms with E-state index in [1.54, 1.807) is 20.8 Å².